The van der Waals surface area contributed by atoms with Crippen LogP contribution in [0.1, 0.15) is 9.67 Å². The van der Waals surface area contributed by atoms with Crippen LogP contribution in [0.4, 0.5) is 10.1 Å². The van der Waals surface area contributed by atoms with Crippen LogP contribution in [0.3, 0.4) is 0 Å². The van der Waals surface area contributed by atoms with Gasteiger partial charge in [0.1, 0.15) is 9.77 Å². The molecule has 1 aromatic heterocycles. The second-order valence-electron chi connectivity index (χ2n) is 3.63. The van der Waals surface area contributed by atoms with E-state index in [0.717, 1.165) is 17.4 Å². The third-order valence-corrected chi connectivity index (χ3v) is 5.04. The summed E-state index contributed by atoms with van der Waals surface area (Å²) in [5.41, 5.74) is -0.347. The van der Waals surface area contributed by atoms with Gasteiger partial charge in [0.25, 0.3) is 10.0 Å². The first kappa shape index (κ1) is 14.8. The van der Waals surface area contributed by atoms with Crippen molar-refractivity contribution in [3.8, 4) is 0 Å². The summed E-state index contributed by atoms with van der Waals surface area (Å²) in [6, 6.07) is 4.96. The zero-order valence-corrected chi connectivity index (χ0v) is 12.0. The lowest BCUT2D eigenvalue weighted by Crippen LogP contribution is -2.16. The molecule has 0 aliphatic rings. The van der Waals surface area contributed by atoms with E-state index in [1.54, 1.807) is 0 Å². The van der Waals surface area contributed by atoms with Crippen molar-refractivity contribution in [2.45, 2.75) is 4.90 Å². The van der Waals surface area contributed by atoms with Gasteiger partial charge >= 0.3 is 5.97 Å². The maximum Gasteiger partial charge on any atom is 0.347 e. The van der Waals surface area contributed by atoms with E-state index in [-0.39, 0.29) is 15.6 Å². The maximum atomic E-state index is 13.7. The minimum Gasteiger partial charge on any atom is -0.477 e. The summed E-state index contributed by atoms with van der Waals surface area (Å²) in [4.78, 5) is 10.2. The summed E-state index contributed by atoms with van der Waals surface area (Å²) in [5, 5.41) is 9.99. The second-order valence-corrected chi connectivity index (χ2v) is 6.60. The standard InChI is InChI=1S/C11H7ClFNO4S2/c12-6-2-1-3-7(9(6)13)14-20(17,18)8-4-5-19-10(8)11(15)16/h1-5,14H,(H,15,16). The van der Waals surface area contributed by atoms with Crippen LogP contribution >= 0.6 is 22.9 Å². The molecule has 2 N–H and O–H groups in total. The van der Waals surface area contributed by atoms with Crippen molar-refractivity contribution in [3.05, 3.63) is 45.4 Å². The van der Waals surface area contributed by atoms with E-state index in [1.165, 1.54) is 23.6 Å². The summed E-state index contributed by atoms with van der Waals surface area (Å²) < 4.78 is 39.8. The summed E-state index contributed by atoms with van der Waals surface area (Å²) >= 11 is 6.31. The Morgan fingerprint density at radius 1 is 1.35 bits per heavy atom. The molecule has 2 aromatic rings. The molecular formula is C11H7ClFNO4S2. The van der Waals surface area contributed by atoms with Crippen LogP contribution < -0.4 is 4.72 Å². The number of sulfonamides is 1. The highest BCUT2D eigenvalue weighted by atomic mass is 35.5. The van der Waals surface area contributed by atoms with Crippen LogP contribution in [0.5, 0.6) is 0 Å². The number of carboxylic acid groups (broad SMARTS) is 1. The number of carboxylic acids is 1. The Morgan fingerprint density at radius 3 is 2.70 bits per heavy atom. The van der Waals surface area contributed by atoms with Gasteiger partial charge in [-0.2, -0.15) is 0 Å². The van der Waals surface area contributed by atoms with Gasteiger partial charge in [-0.3, -0.25) is 4.72 Å². The third-order valence-electron chi connectivity index (χ3n) is 2.31. The number of anilines is 1. The number of benzene rings is 1. The molecule has 0 radical (unpaired) electrons. The first-order valence-corrected chi connectivity index (χ1v) is 7.84. The molecule has 0 spiro atoms. The van der Waals surface area contributed by atoms with E-state index in [1.807, 2.05) is 4.72 Å². The van der Waals surface area contributed by atoms with E-state index in [9.17, 15) is 17.6 Å². The first-order chi connectivity index (χ1) is 9.33. The smallest absolute Gasteiger partial charge is 0.347 e. The number of hydrogen-bond acceptors (Lipinski definition) is 4. The summed E-state index contributed by atoms with van der Waals surface area (Å²) in [6.45, 7) is 0. The number of halogens is 2. The molecule has 0 atom stereocenters. The monoisotopic (exact) mass is 335 g/mol. The lowest BCUT2D eigenvalue weighted by Gasteiger charge is -2.09. The molecule has 2 rings (SSSR count). The van der Waals surface area contributed by atoms with Gasteiger partial charge in [0.15, 0.2) is 5.82 Å². The van der Waals surface area contributed by atoms with Crippen molar-refractivity contribution in [1.29, 1.82) is 0 Å². The van der Waals surface area contributed by atoms with Gasteiger partial charge in [0.2, 0.25) is 0 Å². The van der Waals surface area contributed by atoms with Gasteiger partial charge in [-0.05, 0) is 23.6 Å². The molecule has 9 heteroatoms. The Balaban J connectivity index is 2.44. The Labute approximate surface area is 122 Å². The molecule has 0 saturated carbocycles. The van der Waals surface area contributed by atoms with Crippen molar-refractivity contribution in [1.82, 2.24) is 0 Å². The lowest BCUT2D eigenvalue weighted by molar-refractivity contribution is 0.0698. The molecule has 1 aromatic carbocycles. The van der Waals surface area contributed by atoms with E-state index in [2.05, 4.69) is 0 Å². The predicted molar refractivity (Wildman–Crippen MR) is 73.5 cm³/mol. The average molecular weight is 336 g/mol. The first-order valence-electron chi connectivity index (χ1n) is 5.10. The van der Waals surface area contributed by atoms with Gasteiger partial charge in [-0.15, -0.1) is 11.3 Å². The van der Waals surface area contributed by atoms with Crippen molar-refractivity contribution in [2.75, 3.05) is 4.72 Å². The normalized spacial score (nSPS) is 11.3. The topological polar surface area (TPSA) is 83.5 Å². The number of thiophene rings is 1. The lowest BCUT2D eigenvalue weighted by atomic mass is 10.3. The fourth-order valence-electron chi connectivity index (χ4n) is 1.45. The highest BCUT2D eigenvalue weighted by Crippen LogP contribution is 2.27. The molecular weight excluding hydrogens is 329 g/mol. The van der Waals surface area contributed by atoms with Crippen molar-refractivity contribution < 1.29 is 22.7 Å². The largest absolute Gasteiger partial charge is 0.477 e. The second kappa shape index (κ2) is 5.39. The van der Waals surface area contributed by atoms with Gasteiger partial charge in [0, 0.05) is 0 Å². The van der Waals surface area contributed by atoms with Gasteiger partial charge in [0.05, 0.1) is 10.7 Å². The van der Waals surface area contributed by atoms with Crippen molar-refractivity contribution in [3.63, 3.8) is 0 Å². The molecule has 1 heterocycles. The quantitative estimate of drug-likeness (QED) is 0.899. The van der Waals surface area contributed by atoms with E-state index in [4.69, 9.17) is 16.7 Å². The minimum absolute atomic E-state index is 0.242. The molecule has 0 unspecified atom stereocenters. The molecule has 5 nitrogen and oxygen atoms in total. The molecule has 106 valence electrons. The minimum atomic E-state index is -4.20. The summed E-state index contributed by atoms with van der Waals surface area (Å²) in [7, 11) is -4.20. The van der Waals surface area contributed by atoms with Crippen LogP contribution in [-0.4, -0.2) is 19.5 Å². The molecule has 0 amide bonds. The van der Waals surface area contributed by atoms with Crippen LogP contribution in [0.25, 0.3) is 0 Å². The number of nitrogens with one attached hydrogen (secondary N) is 1. The maximum absolute atomic E-state index is 13.7. The fourth-order valence-corrected chi connectivity index (χ4v) is 3.94. The van der Waals surface area contributed by atoms with Crippen molar-refractivity contribution in [2.24, 2.45) is 0 Å². The summed E-state index contributed by atoms with van der Waals surface area (Å²) in [5.74, 6) is -2.29. The predicted octanol–water partition coefficient (Wildman–Crippen LogP) is 3.04. The summed E-state index contributed by atoms with van der Waals surface area (Å²) in [6.07, 6.45) is 0. The van der Waals surface area contributed by atoms with Crippen molar-refractivity contribution >= 4 is 44.6 Å². The molecule has 0 saturated heterocycles. The average Bonchev–Trinajstić information content (AvgIpc) is 2.85. The Hall–Kier alpha value is -1.64. The Kier molecular flexibility index (Phi) is 3.98. The highest BCUT2D eigenvalue weighted by molar-refractivity contribution is 7.93. The van der Waals surface area contributed by atoms with E-state index in [0.29, 0.717) is 0 Å². The third kappa shape index (κ3) is 2.77. The molecule has 0 bridgehead atoms. The molecule has 0 aliphatic heterocycles. The van der Waals surface area contributed by atoms with Gasteiger partial charge in [-0.1, -0.05) is 17.7 Å². The molecule has 0 fully saturated rings. The van der Waals surface area contributed by atoms with Gasteiger partial charge < -0.3 is 5.11 Å². The molecule has 20 heavy (non-hydrogen) atoms. The number of aromatic carboxylic acids is 1. The van der Waals surface area contributed by atoms with E-state index < -0.39 is 26.7 Å². The number of hydrogen-bond donors (Lipinski definition) is 2. The van der Waals surface area contributed by atoms with Crippen LogP contribution in [0, 0.1) is 5.82 Å². The Morgan fingerprint density at radius 2 is 2.05 bits per heavy atom. The van der Waals surface area contributed by atoms with E-state index >= 15 is 0 Å². The number of carbonyl (C=O) groups is 1. The zero-order chi connectivity index (χ0) is 14.9. The zero-order valence-electron chi connectivity index (χ0n) is 9.63. The van der Waals surface area contributed by atoms with Crippen LogP contribution in [0.2, 0.25) is 5.02 Å². The highest BCUT2D eigenvalue weighted by Gasteiger charge is 2.25. The van der Waals surface area contributed by atoms with Crippen LogP contribution in [-0.2, 0) is 10.0 Å². The van der Waals surface area contributed by atoms with Gasteiger partial charge in [-0.25, -0.2) is 17.6 Å². The fraction of sp³-hybridized carbons (Fsp3) is 0. The number of rotatable bonds is 4. The molecule has 0 aliphatic carbocycles. The Bertz CT molecular complexity index is 772. The SMILES string of the molecule is O=C(O)c1sccc1S(=O)(=O)Nc1cccc(Cl)c1F. The van der Waals surface area contributed by atoms with Crippen LogP contribution in [0.15, 0.2) is 34.5 Å².